The van der Waals surface area contributed by atoms with Crippen LogP contribution in [0.15, 0.2) is 17.6 Å². The van der Waals surface area contributed by atoms with Gasteiger partial charge in [-0.25, -0.2) is 9.97 Å². The standard InChI is InChI=1S/C9H13N5/c1-7-9(4-10-5-11-7)14-6-12-13(3)8(14)2/h4-6,8H,1-3H3/t8-/m0/s1. The molecular weight excluding hydrogens is 178 g/mol. The maximum atomic E-state index is 4.19. The van der Waals surface area contributed by atoms with Gasteiger partial charge in [0.05, 0.1) is 17.6 Å². The Morgan fingerprint density at radius 2 is 2.21 bits per heavy atom. The van der Waals surface area contributed by atoms with Gasteiger partial charge in [0.25, 0.3) is 0 Å². The molecule has 1 atom stereocenters. The van der Waals surface area contributed by atoms with Gasteiger partial charge in [0.1, 0.15) is 18.8 Å². The number of hydrogen-bond donors (Lipinski definition) is 0. The Morgan fingerprint density at radius 1 is 1.43 bits per heavy atom. The molecule has 0 fully saturated rings. The molecule has 1 aromatic heterocycles. The number of rotatable bonds is 1. The molecule has 5 heteroatoms. The maximum Gasteiger partial charge on any atom is 0.120 e. The maximum absolute atomic E-state index is 4.19. The van der Waals surface area contributed by atoms with Gasteiger partial charge < -0.3 is 4.90 Å². The molecule has 1 aromatic rings. The average Bonchev–Trinajstić information content (AvgIpc) is 2.49. The van der Waals surface area contributed by atoms with Gasteiger partial charge in [0.15, 0.2) is 0 Å². The molecule has 74 valence electrons. The zero-order valence-corrected chi connectivity index (χ0v) is 8.55. The molecule has 1 aliphatic heterocycles. The minimum atomic E-state index is 0.222. The van der Waals surface area contributed by atoms with Crippen LogP contribution in [-0.2, 0) is 0 Å². The van der Waals surface area contributed by atoms with Crippen molar-refractivity contribution in [3.8, 4) is 0 Å². The SMILES string of the molecule is Cc1ncncc1N1C=NN(C)[C@@H]1C. The predicted molar refractivity (Wildman–Crippen MR) is 55.0 cm³/mol. The van der Waals surface area contributed by atoms with E-state index in [9.17, 15) is 0 Å². The van der Waals surface area contributed by atoms with E-state index in [1.807, 2.05) is 25.2 Å². The van der Waals surface area contributed by atoms with Crippen LogP contribution in [0.1, 0.15) is 12.6 Å². The largest absolute Gasteiger partial charge is 0.306 e. The van der Waals surface area contributed by atoms with Crippen molar-refractivity contribution in [2.75, 3.05) is 11.9 Å². The lowest BCUT2D eigenvalue weighted by Crippen LogP contribution is -2.35. The highest BCUT2D eigenvalue weighted by Crippen LogP contribution is 2.21. The minimum Gasteiger partial charge on any atom is -0.306 e. The number of hydrogen-bond acceptors (Lipinski definition) is 5. The summed E-state index contributed by atoms with van der Waals surface area (Å²) in [6, 6.07) is 0. The lowest BCUT2D eigenvalue weighted by molar-refractivity contribution is 0.303. The second kappa shape index (κ2) is 3.25. The van der Waals surface area contributed by atoms with Crippen LogP contribution in [-0.4, -0.2) is 34.5 Å². The molecule has 0 N–H and O–H groups in total. The molecule has 0 unspecified atom stereocenters. The highest BCUT2D eigenvalue weighted by molar-refractivity contribution is 5.81. The van der Waals surface area contributed by atoms with Crippen LogP contribution in [0.2, 0.25) is 0 Å². The van der Waals surface area contributed by atoms with Gasteiger partial charge in [-0.05, 0) is 13.8 Å². The van der Waals surface area contributed by atoms with E-state index in [4.69, 9.17) is 0 Å². The van der Waals surface area contributed by atoms with Crippen molar-refractivity contribution in [3.05, 3.63) is 18.2 Å². The van der Waals surface area contributed by atoms with E-state index in [0.717, 1.165) is 11.4 Å². The van der Waals surface area contributed by atoms with Gasteiger partial charge in [0, 0.05) is 7.05 Å². The summed E-state index contributed by atoms with van der Waals surface area (Å²) in [7, 11) is 1.94. The topological polar surface area (TPSA) is 44.6 Å². The van der Waals surface area contributed by atoms with E-state index in [0.29, 0.717) is 0 Å². The van der Waals surface area contributed by atoms with Gasteiger partial charge in [-0.2, -0.15) is 5.10 Å². The van der Waals surface area contributed by atoms with Crippen LogP contribution in [0.5, 0.6) is 0 Å². The summed E-state index contributed by atoms with van der Waals surface area (Å²) in [5, 5.41) is 6.09. The minimum absolute atomic E-state index is 0.222. The molecule has 0 bridgehead atoms. The third-order valence-corrected chi connectivity index (χ3v) is 2.47. The summed E-state index contributed by atoms with van der Waals surface area (Å²) in [6.07, 6.45) is 5.39. The van der Waals surface area contributed by atoms with Crippen molar-refractivity contribution < 1.29 is 0 Å². The zero-order chi connectivity index (χ0) is 10.1. The van der Waals surface area contributed by atoms with Crippen molar-refractivity contribution in [2.45, 2.75) is 20.0 Å². The molecule has 0 radical (unpaired) electrons. The summed E-state index contributed by atoms with van der Waals surface area (Å²) in [5.41, 5.74) is 1.97. The Kier molecular flexibility index (Phi) is 2.07. The van der Waals surface area contributed by atoms with Gasteiger partial charge in [-0.3, -0.25) is 5.01 Å². The lowest BCUT2D eigenvalue weighted by atomic mass is 10.3. The summed E-state index contributed by atoms with van der Waals surface area (Å²) in [6.45, 7) is 4.05. The van der Waals surface area contributed by atoms with Gasteiger partial charge in [0.2, 0.25) is 0 Å². The van der Waals surface area contributed by atoms with E-state index >= 15 is 0 Å². The summed E-state index contributed by atoms with van der Waals surface area (Å²) in [5.74, 6) is 0. The molecule has 0 aromatic carbocycles. The van der Waals surface area contributed by atoms with Crippen LogP contribution in [0.4, 0.5) is 5.69 Å². The quantitative estimate of drug-likeness (QED) is 0.659. The first-order valence-corrected chi connectivity index (χ1v) is 4.52. The molecule has 5 nitrogen and oxygen atoms in total. The number of aromatic nitrogens is 2. The average molecular weight is 191 g/mol. The van der Waals surface area contributed by atoms with Crippen LogP contribution in [0.25, 0.3) is 0 Å². The third-order valence-electron chi connectivity index (χ3n) is 2.47. The van der Waals surface area contributed by atoms with Gasteiger partial charge in [-0.15, -0.1) is 0 Å². The van der Waals surface area contributed by atoms with E-state index < -0.39 is 0 Å². The fraction of sp³-hybridized carbons (Fsp3) is 0.444. The van der Waals surface area contributed by atoms with E-state index in [1.54, 1.807) is 12.7 Å². The first-order valence-electron chi connectivity index (χ1n) is 4.52. The smallest absolute Gasteiger partial charge is 0.120 e. The first kappa shape index (κ1) is 8.93. The molecule has 0 saturated heterocycles. The van der Waals surface area contributed by atoms with Gasteiger partial charge in [-0.1, -0.05) is 0 Å². The van der Waals surface area contributed by atoms with Gasteiger partial charge >= 0.3 is 0 Å². The summed E-state index contributed by atoms with van der Waals surface area (Å²) < 4.78 is 0. The highest BCUT2D eigenvalue weighted by Gasteiger charge is 2.23. The fourth-order valence-electron chi connectivity index (χ4n) is 1.41. The first-order chi connectivity index (χ1) is 6.70. The molecule has 0 spiro atoms. The third kappa shape index (κ3) is 1.30. The van der Waals surface area contributed by atoms with Crippen molar-refractivity contribution >= 4 is 12.0 Å². The second-order valence-corrected chi connectivity index (χ2v) is 3.34. The lowest BCUT2D eigenvalue weighted by Gasteiger charge is -2.24. The molecule has 0 amide bonds. The van der Waals surface area contributed by atoms with Crippen molar-refractivity contribution in [1.82, 2.24) is 15.0 Å². The van der Waals surface area contributed by atoms with Crippen molar-refractivity contribution in [1.29, 1.82) is 0 Å². The van der Waals surface area contributed by atoms with Crippen LogP contribution < -0.4 is 4.90 Å². The molecule has 1 aliphatic rings. The molecule has 14 heavy (non-hydrogen) atoms. The highest BCUT2D eigenvalue weighted by atomic mass is 15.6. The monoisotopic (exact) mass is 191 g/mol. The molecule has 0 saturated carbocycles. The Hall–Kier alpha value is -1.65. The van der Waals surface area contributed by atoms with Crippen LogP contribution >= 0.6 is 0 Å². The van der Waals surface area contributed by atoms with Crippen molar-refractivity contribution in [2.24, 2.45) is 5.10 Å². The Bertz CT molecular complexity index is 362. The normalized spacial score (nSPS) is 20.6. The summed E-state index contributed by atoms with van der Waals surface area (Å²) in [4.78, 5) is 10.2. The fourth-order valence-corrected chi connectivity index (χ4v) is 1.41. The van der Waals surface area contributed by atoms with Crippen molar-refractivity contribution in [3.63, 3.8) is 0 Å². The van der Waals surface area contributed by atoms with E-state index in [2.05, 4.69) is 26.9 Å². The Labute approximate surface area is 83.1 Å². The second-order valence-electron chi connectivity index (χ2n) is 3.34. The predicted octanol–water partition coefficient (Wildman–Crippen LogP) is 0.826. The van der Waals surface area contributed by atoms with Crippen LogP contribution in [0, 0.1) is 6.92 Å². The number of nitrogens with zero attached hydrogens (tertiary/aromatic N) is 5. The number of hydrazone groups is 1. The number of anilines is 1. The Balaban J connectivity index is 2.33. The Morgan fingerprint density at radius 3 is 2.79 bits per heavy atom. The molecule has 0 aliphatic carbocycles. The number of aryl methyl sites for hydroxylation is 1. The summed E-state index contributed by atoms with van der Waals surface area (Å²) >= 11 is 0. The molecule has 2 heterocycles. The zero-order valence-electron chi connectivity index (χ0n) is 8.55. The van der Waals surface area contributed by atoms with E-state index in [-0.39, 0.29) is 6.17 Å². The van der Waals surface area contributed by atoms with E-state index in [1.165, 1.54) is 0 Å². The van der Waals surface area contributed by atoms with Crippen LogP contribution in [0.3, 0.4) is 0 Å². The molecular formula is C9H13N5. The molecule has 2 rings (SSSR count).